The molecule has 8 heteroatoms. The summed E-state index contributed by atoms with van der Waals surface area (Å²) in [5.41, 5.74) is 1.81. The quantitative estimate of drug-likeness (QED) is 0.487. The second kappa shape index (κ2) is 6.29. The van der Waals surface area contributed by atoms with E-state index in [-0.39, 0.29) is 11.6 Å². The number of H-pyrrole nitrogens is 2. The van der Waals surface area contributed by atoms with E-state index in [1.54, 1.807) is 6.07 Å². The molecule has 2 aromatic heterocycles. The number of anilines is 1. The van der Waals surface area contributed by atoms with Gasteiger partial charge in [0.05, 0.1) is 5.69 Å². The van der Waals surface area contributed by atoms with Crippen LogP contribution >= 0.6 is 0 Å². The van der Waals surface area contributed by atoms with Gasteiger partial charge in [-0.3, -0.25) is 14.4 Å². The highest BCUT2D eigenvalue weighted by atomic mass is 16.4. The maximum Gasteiger partial charge on any atom is 0.322 e. The molecule has 0 atom stereocenters. The number of hydrogen-bond donors (Lipinski definition) is 5. The van der Waals surface area contributed by atoms with Crippen molar-refractivity contribution in [2.24, 2.45) is 0 Å². The van der Waals surface area contributed by atoms with Gasteiger partial charge in [0.2, 0.25) is 0 Å². The van der Waals surface area contributed by atoms with Crippen molar-refractivity contribution < 1.29 is 19.5 Å². The number of carbonyl (C=O) groups is 3. The zero-order chi connectivity index (χ0) is 17.1. The van der Waals surface area contributed by atoms with Crippen LogP contribution in [0, 0.1) is 0 Å². The zero-order valence-corrected chi connectivity index (χ0v) is 12.4. The molecule has 0 aliphatic carbocycles. The van der Waals surface area contributed by atoms with Gasteiger partial charge in [-0.05, 0) is 18.2 Å². The maximum absolute atomic E-state index is 12.2. The Bertz CT molecular complexity index is 892. The number of benzene rings is 1. The molecule has 8 nitrogen and oxygen atoms in total. The molecule has 0 aliphatic rings. The summed E-state index contributed by atoms with van der Waals surface area (Å²) >= 11 is 0. The van der Waals surface area contributed by atoms with E-state index < -0.39 is 18.4 Å². The number of fused-ring (bicyclic) bond motifs is 1. The van der Waals surface area contributed by atoms with Crippen molar-refractivity contribution in [1.82, 2.24) is 15.3 Å². The third kappa shape index (κ3) is 3.27. The number of rotatable bonds is 5. The lowest BCUT2D eigenvalue weighted by molar-refractivity contribution is -0.135. The molecule has 5 N–H and O–H groups in total. The van der Waals surface area contributed by atoms with Crippen LogP contribution in [-0.4, -0.2) is 39.4 Å². The molecule has 1 aromatic carbocycles. The van der Waals surface area contributed by atoms with Gasteiger partial charge in [0.15, 0.2) is 0 Å². The van der Waals surface area contributed by atoms with E-state index in [1.807, 2.05) is 24.3 Å². The van der Waals surface area contributed by atoms with Crippen LogP contribution in [0.4, 0.5) is 5.69 Å². The first-order valence-corrected chi connectivity index (χ1v) is 7.10. The van der Waals surface area contributed by atoms with Gasteiger partial charge >= 0.3 is 5.97 Å². The van der Waals surface area contributed by atoms with Crippen LogP contribution in [0.15, 0.2) is 42.6 Å². The molecular formula is C16H14N4O4. The maximum atomic E-state index is 12.2. The average Bonchev–Trinajstić information content (AvgIpc) is 3.18. The Morgan fingerprint density at radius 2 is 1.83 bits per heavy atom. The molecule has 2 heterocycles. The number of hydrogen-bond acceptors (Lipinski definition) is 3. The first-order chi connectivity index (χ1) is 11.5. The number of amides is 2. The minimum Gasteiger partial charge on any atom is -0.480 e. The Morgan fingerprint density at radius 3 is 2.58 bits per heavy atom. The molecule has 122 valence electrons. The lowest BCUT2D eigenvalue weighted by Crippen LogP contribution is -2.29. The molecule has 0 spiro atoms. The molecule has 0 radical (unpaired) electrons. The van der Waals surface area contributed by atoms with Crippen LogP contribution in [0.5, 0.6) is 0 Å². The Labute approximate surface area is 135 Å². The van der Waals surface area contributed by atoms with Crippen molar-refractivity contribution in [3.8, 4) is 0 Å². The minimum absolute atomic E-state index is 0.156. The van der Waals surface area contributed by atoms with Crippen LogP contribution in [-0.2, 0) is 4.79 Å². The van der Waals surface area contributed by atoms with Gasteiger partial charge in [0.25, 0.3) is 11.8 Å². The van der Waals surface area contributed by atoms with Crippen molar-refractivity contribution in [3.05, 3.63) is 54.0 Å². The molecular weight excluding hydrogens is 312 g/mol. The SMILES string of the molecule is O=C(O)CNC(=O)c1cc(NC(=O)c2cc3ccccc3[nH]2)c[nH]1. The molecule has 0 unspecified atom stereocenters. The number of para-hydroxylation sites is 1. The van der Waals surface area contributed by atoms with Crippen LogP contribution in [0.25, 0.3) is 10.9 Å². The van der Waals surface area contributed by atoms with Crippen LogP contribution in [0.3, 0.4) is 0 Å². The summed E-state index contributed by atoms with van der Waals surface area (Å²) in [5.74, 6) is -2.05. The third-order valence-corrected chi connectivity index (χ3v) is 3.36. The lowest BCUT2D eigenvalue weighted by Gasteiger charge is -2.00. The second-order valence-corrected chi connectivity index (χ2v) is 5.10. The number of carboxylic acids is 1. The largest absolute Gasteiger partial charge is 0.480 e. The molecule has 0 aliphatic heterocycles. The first-order valence-electron chi connectivity index (χ1n) is 7.10. The third-order valence-electron chi connectivity index (χ3n) is 3.36. The smallest absolute Gasteiger partial charge is 0.322 e. The molecule has 24 heavy (non-hydrogen) atoms. The van der Waals surface area contributed by atoms with Gasteiger partial charge in [-0.1, -0.05) is 18.2 Å². The molecule has 0 fully saturated rings. The summed E-state index contributed by atoms with van der Waals surface area (Å²) in [6.07, 6.45) is 1.45. The Morgan fingerprint density at radius 1 is 1.04 bits per heavy atom. The average molecular weight is 326 g/mol. The molecule has 3 rings (SSSR count). The Kier molecular flexibility index (Phi) is 4.02. The summed E-state index contributed by atoms with van der Waals surface area (Å²) < 4.78 is 0. The summed E-state index contributed by atoms with van der Waals surface area (Å²) in [7, 11) is 0. The number of aromatic amines is 2. The van der Waals surface area contributed by atoms with E-state index in [9.17, 15) is 14.4 Å². The van der Waals surface area contributed by atoms with Crippen molar-refractivity contribution in [3.63, 3.8) is 0 Å². The van der Waals surface area contributed by atoms with E-state index in [4.69, 9.17) is 5.11 Å². The van der Waals surface area contributed by atoms with E-state index in [0.29, 0.717) is 11.4 Å². The monoisotopic (exact) mass is 326 g/mol. The predicted molar refractivity (Wildman–Crippen MR) is 87.0 cm³/mol. The molecule has 0 bridgehead atoms. The van der Waals surface area contributed by atoms with E-state index in [0.717, 1.165) is 10.9 Å². The molecule has 3 aromatic rings. The summed E-state index contributed by atoms with van der Waals surface area (Å²) in [6, 6.07) is 10.7. The highest BCUT2D eigenvalue weighted by Crippen LogP contribution is 2.16. The second-order valence-electron chi connectivity index (χ2n) is 5.10. The zero-order valence-electron chi connectivity index (χ0n) is 12.4. The van der Waals surface area contributed by atoms with Gasteiger partial charge in [-0.25, -0.2) is 0 Å². The van der Waals surface area contributed by atoms with Gasteiger partial charge in [0.1, 0.15) is 17.9 Å². The Hall–Kier alpha value is -3.55. The highest BCUT2D eigenvalue weighted by Gasteiger charge is 2.13. The topological polar surface area (TPSA) is 127 Å². The van der Waals surface area contributed by atoms with Crippen molar-refractivity contribution >= 4 is 34.4 Å². The van der Waals surface area contributed by atoms with Crippen LogP contribution < -0.4 is 10.6 Å². The van der Waals surface area contributed by atoms with E-state index in [1.165, 1.54) is 12.3 Å². The summed E-state index contributed by atoms with van der Waals surface area (Å²) in [5, 5.41) is 14.3. The van der Waals surface area contributed by atoms with E-state index in [2.05, 4.69) is 20.6 Å². The van der Waals surface area contributed by atoms with Crippen LogP contribution in [0.2, 0.25) is 0 Å². The van der Waals surface area contributed by atoms with Crippen molar-refractivity contribution in [1.29, 1.82) is 0 Å². The van der Waals surface area contributed by atoms with Gasteiger partial charge in [-0.15, -0.1) is 0 Å². The number of carbonyl (C=O) groups excluding carboxylic acids is 2. The lowest BCUT2D eigenvalue weighted by atomic mass is 10.2. The standard InChI is InChI=1S/C16H14N4O4/c21-14(22)8-18-15(23)12-6-10(7-17-12)19-16(24)13-5-9-3-1-2-4-11(9)20-13/h1-7,17,20H,8H2,(H,18,23)(H,19,24)(H,21,22). The van der Waals surface area contributed by atoms with Crippen LogP contribution in [0.1, 0.15) is 21.0 Å². The van der Waals surface area contributed by atoms with Gasteiger partial charge in [0, 0.05) is 17.1 Å². The molecule has 0 saturated carbocycles. The number of carboxylic acid groups (broad SMARTS) is 1. The molecule has 0 saturated heterocycles. The van der Waals surface area contributed by atoms with Gasteiger partial charge < -0.3 is 25.7 Å². The molecule has 2 amide bonds. The summed E-state index contributed by atoms with van der Waals surface area (Å²) in [4.78, 5) is 40.1. The fourth-order valence-electron chi connectivity index (χ4n) is 2.24. The fourth-order valence-corrected chi connectivity index (χ4v) is 2.24. The number of aromatic nitrogens is 2. The van der Waals surface area contributed by atoms with Crippen molar-refractivity contribution in [2.45, 2.75) is 0 Å². The predicted octanol–water partition coefficient (Wildman–Crippen LogP) is 1.56. The fraction of sp³-hybridized carbons (Fsp3) is 0.0625. The number of nitrogens with one attached hydrogen (secondary N) is 4. The highest BCUT2D eigenvalue weighted by molar-refractivity contribution is 6.06. The van der Waals surface area contributed by atoms with Gasteiger partial charge in [-0.2, -0.15) is 0 Å². The van der Waals surface area contributed by atoms with Crippen molar-refractivity contribution in [2.75, 3.05) is 11.9 Å². The number of aliphatic carboxylic acids is 1. The Balaban J connectivity index is 1.68. The van der Waals surface area contributed by atoms with E-state index >= 15 is 0 Å². The minimum atomic E-state index is -1.14. The normalized spacial score (nSPS) is 10.5. The summed E-state index contributed by atoms with van der Waals surface area (Å²) in [6.45, 7) is -0.478. The first kappa shape index (κ1) is 15.3.